The summed E-state index contributed by atoms with van der Waals surface area (Å²) in [6.07, 6.45) is 0. The van der Waals surface area contributed by atoms with Crippen LogP contribution in [0.3, 0.4) is 0 Å². The van der Waals surface area contributed by atoms with Crippen LogP contribution in [-0.4, -0.2) is 40.0 Å². The van der Waals surface area contributed by atoms with E-state index < -0.39 is 0 Å². The van der Waals surface area contributed by atoms with Crippen molar-refractivity contribution in [2.45, 2.75) is 13.8 Å². The topological polar surface area (TPSA) is 71.1 Å². The molecule has 0 N–H and O–H groups in total. The van der Waals surface area contributed by atoms with E-state index in [0.717, 1.165) is 0 Å². The predicted octanol–water partition coefficient (Wildman–Crippen LogP) is 4.12. The molecule has 0 bridgehead atoms. The van der Waals surface area contributed by atoms with Gasteiger partial charge in [0.2, 0.25) is 0 Å². The molecule has 6 nitrogen and oxygen atoms in total. The molecule has 0 atom stereocenters. The smallest absolute Gasteiger partial charge is 0.190 e. The Morgan fingerprint density at radius 1 is 0.567 bits per heavy atom. The number of benzene rings is 2. The van der Waals surface area contributed by atoms with Crippen LogP contribution in [-0.2, 0) is 9.59 Å². The normalized spacial score (nSPS) is 14.2. The van der Waals surface area contributed by atoms with E-state index >= 15 is 0 Å². The summed E-state index contributed by atoms with van der Waals surface area (Å²) in [6.45, 7) is 3.31. The van der Waals surface area contributed by atoms with Crippen molar-refractivity contribution in [2.75, 3.05) is 28.4 Å². The molecule has 0 radical (unpaired) electrons. The summed E-state index contributed by atoms with van der Waals surface area (Å²) >= 11 is 0. The molecule has 0 heterocycles. The molecule has 0 spiro atoms. The molecule has 156 valence electrons. The third kappa shape index (κ3) is 3.45. The molecule has 3 rings (SSSR count). The van der Waals surface area contributed by atoms with Gasteiger partial charge in [-0.2, -0.15) is 0 Å². The summed E-state index contributed by atoms with van der Waals surface area (Å²) in [5, 5.41) is 0. The average molecular weight is 408 g/mol. The zero-order valence-corrected chi connectivity index (χ0v) is 17.9. The molecule has 6 heteroatoms. The molecule has 30 heavy (non-hydrogen) atoms. The first-order valence-electron chi connectivity index (χ1n) is 9.33. The fraction of sp³-hybridized carbons (Fsp3) is 0.250. The number of methoxy groups -OCH3 is 4. The van der Waals surface area contributed by atoms with Gasteiger partial charge in [0.15, 0.2) is 11.6 Å². The van der Waals surface area contributed by atoms with Gasteiger partial charge < -0.3 is 18.9 Å². The highest BCUT2D eigenvalue weighted by Gasteiger charge is 2.35. The van der Waals surface area contributed by atoms with Crippen molar-refractivity contribution >= 4 is 22.7 Å². The van der Waals surface area contributed by atoms with Crippen molar-refractivity contribution in [3.05, 3.63) is 58.7 Å². The number of carbonyl (C=O) groups excluding carboxylic acids is 2. The van der Waals surface area contributed by atoms with Crippen LogP contribution in [0.2, 0.25) is 0 Å². The third-order valence-electron chi connectivity index (χ3n) is 5.30. The number of ether oxygens (including phenoxy) is 4. The van der Waals surface area contributed by atoms with Gasteiger partial charge in [0.25, 0.3) is 0 Å². The fourth-order valence-corrected chi connectivity index (χ4v) is 3.48. The Bertz CT molecular complexity index is 1010. The van der Waals surface area contributed by atoms with E-state index in [1.807, 2.05) is 0 Å². The molecule has 0 amide bonds. The molecule has 1 aliphatic rings. The standard InChI is InChI=1S/C24H24O6/c1-13-14(2)24(26)22(18-12-16(28-4)8-10-20(18)30-6)21(23(13)25)17-11-15(27-3)7-9-19(17)29-5/h7-12H,1-6H3. The van der Waals surface area contributed by atoms with Crippen LogP contribution in [0, 0.1) is 0 Å². The maximum atomic E-state index is 13.5. The number of hydrogen-bond acceptors (Lipinski definition) is 6. The highest BCUT2D eigenvalue weighted by Crippen LogP contribution is 2.44. The Morgan fingerprint density at radius 2 is 0.933 bits per heavy atom. The van der Waals surface area contributed by atoms with Crippen LogP contribution < -0.4 is 18.9 Å². The van der Waals surface area contributed by atoms with Crippen molar-refractivity contribution in [1.82, 2.24) is 0 Å². The van der Waals surface area contributed by atoms with Crippen LogP contribution in [0.5, 0.6) is 23.0 Å². The highest BCUT2D eigenvalue weighted by atomic mass is 16.5. The van der Waals surface area contributed by atoms with Gasteiger partial charge in [0, 0.05) is 33.4 Å². The second kappa shape index (κ2) is 8.45. The van der Waals surface area contributed by atoms with E-state index in [1.54, 1.807) is 50.2 Å². The lowest BCUT2D eigenvalue weighted by molar-refractivity contribution is -0.113. The van der Waals surface area contributed by atoms with Crippen molar-refractivity contribution < 1.29 is 28.5 Å². The molecular formula is C24H24O6. The lowest BCUT2D eigenvalue weighted by Crippen LogP contribution is -2.21. The van der Waals surface area contributed by atoms with Crippen LogP contribution in [0.1, 0.15) is 25.0 Å². The summed E-state index contributed by atoms with van der Waals surface area (Å²) in [7, 11) is 6.10. The van der Waals surface area contributed by atoms with E-state index in [2.05, 4.69) is 0 Å². The molecule has 0 aromatic heterocycles. The molecule has 0 unspecified atom stereocenters. The Morgan fingerprint density at radius 3 is 1.23 bits per heavy atom. The van der Waals surface area contributed by atoms with Crippen LogP contribution >= 0.6 is 0 Å². The van der Waals surface area contributed by atoms with Gasteiger partial charge in [-0.3, -0.25) is 9.59 Å². The Balaban J connectivity index is 2.45. The minimum absolute atomic E-state index is 0.241. The van der Waals surface area contributed by atoms with Crippen molar-refractivity contribution in [3.63, 3.8) is 0 Å². The molecule has 0 aliphatic heterocycles. The van der Waals surface area contributed by atoms with Gasteiger partial charge in [-0.05, 0) is 50.2 Å². The zero-order valence-electron chi connectivity index (χ0n) is 17.9. The SMILES string of the molecule is COc1ccc(OC)c(C2=C(c3cc(OC)ccc3OC)C(=O)C(C)=C(C)C2=O)c1. The number of carbonyl (C=O) groups is 2. The Labute approximate surface area is 175 Å². The molecule has 1 aliphatic carbocycles. The number of rotatable bonds is 6. The van der Waals surface area contributed by atoms with Crippen LogP contribution in [0.4, 0.5) is 0 Å². The third-order valence-corrected chi connectivity index (χ3v) is 5.30. The molecule has 0 saturated carbocycles. The summed E-state index contributed by atoms with van der Waals surface area (Å²) in [6, 6.07) is 10.3. The van der Waals surface area contributed by atoms with Gasteiger partial charge in [-0.15, -0.1) is 0 Å². The maximum Gasteiger partial charge on any atom is 0.190 e. The lowest BCUT2D eigenvalue weighted by atomic mass is 9.79. The average Bonchev–Trinajstić information content (AvgIpc) is 2.78. The van der Waals surface area contributed by atoms with Crippen LogP contribution in [0.15, 0.2) is 47.5 Å². The first-order chi connectivity index (χ1) is 14.4. The first-order valence-corrected chi connectivity index (χ1v) is 9.33. The number of Topliss-reactive ketones (excluding diaryl/α,β-unsaturated/α-hetero) is 2. The second-order valence-corrected chi connectivity index (χ2v) is 6.79. The number of allylic oxidation sites excluding steroid dienone is 4. The predicted molar refractivity (Wildman–Crippen MR) is 114 cm³/mol. The first kappa shape index (κ1) is 21.2. The van der Waals surface area contributed by atoms with Crippen molar-refractivity contribution in [2.24, 2.45) is 0 Å². The minimum atomic E-state index is -0.251. The van der Waals surface area contributed by atoms with Gasteiger partial charge in [-0.25, -0.2) is 0 Å². The minimum Gasteiger partial charge on any atom is -0.497 e. The van der Waals surface area contributed by atoms with E-state index in [-0.39, 0.29) is 22.7 Å². The zero-order chi connectivity index (χ0) is 22.0. The monoisotopic (exact) mass is 408 g/mol. The molecule has 0 fully saturated rings. The second-order valence-electron chi connectivity index (χ2n) is 6.79. The highest BCUT2D eigenvalue weighted by molar-refractivity contribution is 6.51. The van der Waals surface area contributed by atoms with Crippen molar-refractivity contribution in [1.29, 1.82) is 0 Å². The fourth-order valence-electron chi connectivity index (χ4n) is 3.48. The molecule has 2 aromatic carbocycles. The van der Waals surface area contributed by atoms with E-state index in [9.17, 15) is 9.59 Å². The van der Waals surface area contributed by atoms with E-state index in [0.29, 0.717) is 45.3 Å². The van der Waals surface area contributed by atoms with E-state index in [4.69, 9.17) is 18.9 Å². The molecule has 2 aromatic rings. The van der Waals surface area contributed by atoms with Gasteiger partial charge in [0.05, 0.1) is 28.4 Å². The van der Waals surface area contributed by atoms with Crippen LogP contribution in [0.25, 0.3) is 11.1 Å². The molecular weight excluding hydrogens is 384 g/mol. The maximum absolute atomic E-state index is 13.5. The lowest BCUT2D eigenvalue weighted by Gasteiger charge is -2.24. The van der Waals surface area contributed by atoms with Crippen molar-refractivity contribution in [3.8, 4) is 23.0 Å². The van der Waals surface area contributed by atoms with Gasteiger partial charge in [-0.1, -0.05) is 0 Å². The van der Waals surface area contributed by atoms with Gasteiger partial charge in [0.1, 0.15) is 23.0 Å². The largest absolute Gasteiger partial charge is 0.497 e. The summed E-state index contributed by atoms with van der Waals surface area (Å²) in [4.78, 5) is 26.9. The quantitative estimate of drug-likeness (QED) is 0.670. The van der Waals surface area contributed by atoms with E-state index in [1.165, 1.54) is 28.4 Å². The number of hydrogen-bond donors (Lipinski definition) is 0. The summed E-state index contributed by atoms with van der Waals surface area (Å²) in [5.74, 6) is 1.49. The Hall–Kier alpha value is -3.54. The number of ketones is 2. The summed E-state index contributed by atoms with van der Waals surface area (Å²) < 4.78 is 21.7. The van der Waals surface area contributed by atoms with Gasteiger partial charge >= 0.3 is 0 Å². The summed E-state index contributed by atoms with van der Waals surface area (Å²) in [5.41, 5.74) is 2.22. The molecule has 0 saturated heterocycles. The Kier molecular flexibility index (Phi) is 5.96.